The molecule has 5 aliphatic heterocycles. The Hall–Kier alpha value is -4.32. The van der Waals surface area contributed by atoms with Crippen LogP contribution in [0.2, 0.25) is 0 Å². The molecule has 6 aliphatic rings. The van der Waals surface area contributed by atoms with Gasteiger partial charge in [0.05, 0.1) is 41.3 Å². The number of aliphatic hydroxyl groups excluding tert-OH is 1. The fourth-order valence-electron chi connectivity index (χ4n) is 8.08. The van der Waals surface area contributed by atoms with E-state index in [1.54, 1.807) is 12.4 Å². The van der Waals surface area contributed by atoms with E-state index in [9.17, 15) is 9.90 Å². The number of halogens is 1. The molecule has 0 radical (unpaired) electrons. The molecule has 1 saturated heterocycles. The van der Waals surface area contributed by atoms with E-state index < -0.39 is 0 Å². The molecule has 7 rings (SSSR count). The van der Waals surface area contributed by atoms with Gasteiger partial charge in [-0.3, -0.25) is 9.78 Å². The van der Waals surface area contributed by atoms with Crippen molar-refractivity contribution in [2.75, 3.05) is 11.5 Å². The molecule has 1 aromatic rings. The van der Waals surface area contributed by atoms with Crippen molar-refractivity contribution in [3.63, 3.8) is 0 Å². The number of alkyl halides is 1. The van der Waals surface area contributed by atoms with E-state index in [1.165, 1.54) is 7.11 Å². The highest BCUT2D eigenvalue weighted by Gasteiger charge is 2.42. The Labute approximate surface area is 307 Å². The SMILES string of the molecule is CCC1=C(C)C2=NC1=CC1=C(C)C3=C(O)CC(=C4NC(=C(C)C5=NC(=C2)C(C(CI)Oc2ccncc2)=C5C)[C@@H](C)[C@@H]4CCC(=O)OC)C3=N1. The van der Waals surface area contributed by atoms with Crippen LogP contribution in [0.15, 0.2) is 130 Å². The van der Waals surface area contributed by atoms with Gasteiger partial charge in [-0.2, -0.15) is 0 Å². The zero-order chi connectivity index (χ0) is 35.4. The Kier molecular flexibility index (Phi) is 9.17. The molecule has 3 atom stereocenters. The third-order valence-corrected chi connectivity index (χ3v) is 11.6. The first-order valence-electron chi connectivity index (χ1n) is 17.2. The number of carbonyl (C=O) groups is 1. The summed E-state index contributed by atoms with van der Waals surface area (Å²) in [6.07, 6.45) is 9.46. The Morgan fingerprint density at radius 1 is 1.00 bits per heavy atom. The topological polar surface area (TPSA) is 118 Å². The van der Waals surface area contributed by atoms with Gasteiger partial charge in [0.2, 0.25) is 0 Å². The van der Waals surface area contributed by atoms with E-state index in [4.69, 9.17) is 24.5 Å². The van der Waals surface area contributed by atoms with Crippen molar-refractivity contribution in [3.8, 4) is 5.75 Å². The molecular formula is C40H42IN5O4. The first kappa shape index (κ1) is 34.1. The number of rotatable bonds is 8. The molecule has 1 unspecified atom stereocenters. The fourth-order valence-corrected chi connectivity index (χ4v) is 8.70. The molecule has 2 N–H and O–H groups in total. The van der Waals surface area contributed by atoms with Gasteiger partial charge in [0.25, 0.3) is 0 Å². The van der Waals surface area contributed by atoms with Crippen molar-refractivity contribution >= 4 is 45.7 Å². The summed E-state index contributed by atoms with van der Waals surface area (Å²) in [7, 11) is 1.43. The Bertz CT molecular complexity index is 2070. The lowest BCUT2D eigenvalue weighted by Crippen LogP contribution is -2.23. The Balaban J connectivity index is 1.46. The number of hydrogen-bond acceptors (Lipinski definition) is 9. The maximum atomic E-state index is 12.4. The van der Waals surface area contributed by atoms with Crippen LogP contribution < -0.4 is 10.1 Å². The van der Waals surface area contributed by atoms with Gasteiger partial charge in [-0.25, -0.2) is 15.0 Å². The number of allylic oxidation sites excluding steroid dienone is 11. The summed E-state index contributed by atoms with van der Waals surface area (Å²) in [4.78, 5) is 32.3. The predicted molar refractivity (Wildman–Crippen MR) is 205 cm³/mol. The smallest absolute Gasteiger partial charge is 0.305 e. The number of nitrogens with zero attached hydrogens (tertiary/aromatic N) is 4. The van der Waals surface area contributed by atoms with Crippen molar-refractivity contribution in [1.82, 2.24) is 10.3 Å². The van der Waals surface area contributed by atoms with Gasteiger partial charge in [-0.05, 0) is 92.7 Å². The lowest BCUT2D eigenvalue weighted by molar-refractivity contribution is -0.140. The van der Waals surface area contributed by atoms with Crippen LogP contribution in [0, 0.1) is 11.8 Å². The van der Waals surface area contributed by atoms with Crippen LogP contribution >= 0.6 is 22.6 Å². The number of aliphatic imine (C=N–C) groups is 3. The minimum atomic E-state index is -0.263. The quantitative estimate of drug-likeness (QED) is 0.156. The van der Waals surface area contributed by atoms with E-state index >= 15 is 0 Å². The maximum absolute atomic E-state index is 12.4. The summed E-state index contributed by atoms with van der Waals surface area (Å²) in [6.45, 7) is 12.8. The van der Waals surface area contributed by atoms with Crippen LogP contribution in [-0.2, 0) is 9.53 Å². The Morgan fingerprint density at radius 2 is 1.76 bits per heavy atom. The number of ether oxygens (including phenoxy) is 2. The third-order valence-electron chi connectivity index (χ3n) is 10.8. The zero-order valence-electron chi connectivity index (χ0n) is 29.6. The van der Waals surface area contributed by atoms with Gasteiger partial charge in [0.1, 0.15) is 17.6 Å². The number of carbonyl (C=O) groups excluding carboxylic acids is 1. The number of aromatic nitrogens is 1. The predicted octanol–water partition coefficient (Wildman–Crippen LogP) is 8.28. The number of aliphatic hydroxyl groups is 1. The second-order valence-corrected chi connectivity index (χ2v) is 14.4. The zero-order valence-corrected chi connectivity index (χ0v) is 31.7. The van der Waals surface area contributed by atoms with Gasteiger partial charge < -0.3 is 19.9 Å². The van der Waals surface area contributed by atoms with Crippen molar-refractivity contribution in [3.05, 3.63) is 116 Å². The number of hydrogen-bond donors (Lipinski definition) is 2. The minimum Gasteiger partial charge on any atom is -0.511 e. The van der Waals surface area contributed by atoms with Crippen LogP contribution in [0.5, 0.6) is 5.75 Å². The molecule has 10 heteroatoms. The molecule has 0 aromatic carbocycles. The van der Waals surface area contributed by atoms with Crippen LogP contribution in [-0.4, -0.2) is 50.8 Å². The van der Waals surface area contributed by atoms with Gasteiger partial charge in [-0.1, -0.05) is 36.4 Å². The molecule has 0 spiro atoms. The van der Waals surface area contributed by atoms with Crippen LogP contribution in [0.1, 0.15) is 67.2 Å². The number of nitrogens with one attached hydrogen (secondary N) is 1. The molecule has 8 bridgehead atoms. The summed E-state index contributed by atoms with van der Waals surface area (Å²) in [5.74, 6) is 0.857. The molecule has 9 nitrogen and oxygen atoms in total. The highest BCUT2D eigenvalue weighted by atomic mass is 127. The van der Waals surface area contributed by atoms with E-state index in [2.05, 4.69) is 79.7 Å². The standard InChI is InChI=1S/C40H42IN5O4/c1-8-25-19(2)28-17-31-35(33(18-41)50-24-11-13-42-14-12-24)22(5)38(45-31)23(6)37-20(3)26(9-10-34(48)49-7)39(46-37)27-15-32(47)36-21(4)29(44-40(27)36)16-30(25)43-28/h11-14,16-17,20,26,33,46-47H,8-10,15,18H2,1-7H3/t20-,26-,33?/m0/s1. The molecule has 1 aliphatic carbocycles. The number of methoxy groups -OCH3 is 1. The Morgan fingerprint density at radius 3 is 2.46 bits per heavy atom. The highest BCUT2D eigenvalue weighted by molar-refractivity contribution is 14.1. The van der Waals surface area contributed by atoms with Crippen molar-refractivity contribution in [2.45, 2.75) is 73.3 Å². The van der Waals surface area contributed by atoms with Gasteiger partial charge in [-0.15, -0.1) is 0 Å². The van der Waals surface area contributed by atoms with Gasteiger partial charge >= 0.3 is 5.97 Å². The van der Waals surface area contributed by atoms with E-state index in [1.807, 2.05) is 19.1 Å². The summed E-state index contributed by atoms with van der Waals surface area (Å²) < 4.78 is 12.4. The van der Waals surface area contributed by atoms with Crippen LogP contribution in [0.4, 0.5) is 0 Å². The molecule has 1 aromatic heterocycles. The van der Waals surface area contributed by atoms with E-state index in [-0.39, 0.29) is 30.3 Å². The third kappa shape index (κ3) is 5.65. The summed E-state index contributed by atoms with van der Waals surface area (Å²) in [5, 5.41) is 15.2. The fraction of sp³-hybridized carbons (Fsp3) is 0.375. The number of fused-ring (bicyclic) bond motifs is 5. The normalized spacial score (nSPS) is 23.4. The molecule has 6 heterocycles. The molecular weight excluding hydrogens is 741 g/mol. The lowest BCUT2D eigenvalue weighted by atomic mass is 9.85. The second kappa shape index (κ2) is 13.4. The highest BCUT2D eigenvalue weighted by Crippen LogP contribution is 2.47. The van der Waals surface area contributed by atoms with Crippen molar-refractivity contribution in [1.29, 1.82) is 0 Å². The molecule has 50 heavy (non-hydrogen) atoms. The summed E-state index contributed by atoms with van der Waals surface area (Å²) >= 11 is 2.39. The number of pyridine rings is 1. The first-order chi connectivity index (χ1) is 24.1. The van der Waals surface area contributed by atoms with E-state index in [0.717, 1.165) is 102 Å². The average Bonchev–Trinajstić information content (AvgIpc) is 3.88. The van der Waals surface area contributed by atoms with Crippen LogP contribution in [0.25, 0.3) is 0 Å². The molecule has 1 fully saturated rings. The van der Waals surface area contributed by atoms with Crippen molar-refractivity contribution < 1.29 is 19.4 Å². The maximum Gasteiger partial charge on any atom is 0.305 e. The monoisotopic (exact) mass is 783 g/mol. The van der Waals surface area contributed by atoms with Crippen LogP contribution in [0.3, 0.4) is 0 Å². The molecule has 0 saturated carbocycles. The van der Waals surface area contributed by atoms with Crippen molar-refractivity contribution in [2.24, 2.45) is 26.8 Å². The largest absolute Gasteiger partial charge is 0.511 e. The molecule has 0 amide bonds. The van der Waals surface area contributed by atoms with Gasteiger partial charge in [0.15, 0.2) is 0 Å². The molecule has 258 valence electrons. The first-order valence-corrected chi connectivity index (χ1v) is 18.7. The lowest BCUT2D eigenvalue weighted by Gasteiger charge is -2.20. The number of esters is 1. The summed E-state index contributed by atoms with van der Waals surface area (Å²) in [5.41, 5.74) is 15.2. The average molecular weight is 784 g/mol. The summed E-state index contributed by atoms with van der Waals surface area (Å²) in [6, 6.07) is 3.76. The van der Waals surface area contributed by atoms with Gasteiger partial charge in [0, 0.05) is 69.6 Å². The van der Waals surface area contributed by atoms with E-state index in [0.29, 0.717) is 23.0 Å². The second-order valence-electron chi connectivity index (χ2n) is 13.5. The minimum absolute atomic E-state index is 0.0148.